The summed E-state index contributed by atoms with van der Waals surface area (Å²) in [5.74, 6) is -2.52. The third kappa shape index (κ3) is 4.00. The fraction of sp³-hybridized carbons (Fsp3) is 0.125. The highest BCUT2D eigenvalue weighted by molar-refractivity contribution is 9.10. The van der Waals surface area contributed by atoms with Gasteiger partial charge in [-0.25, -0.2) is 8.78 Å². The fourth-order valence-electron chi connectivity index (χ4n) is 3.52. The van der Waals surface area contributed by atoms with E-state index in [1.165, 1.54) is 13.8 Å². The molecule has 0 spiro atoms. The van der Waals surface area contributed by atoms with E-state index in [9.17, 15) is 18.8 Å². The molecular weight excluding hydrogens is 502 g/mol. The third-order valence-corrected chi connectivity index (χ3v) is 5.81. The number of rotatable bonds is 5. The number of hydrogen-bond donors (Lipinski definition) is 0. The summed E-state index contributed by atoms with van der Waals surface area (Å²) < 4.78 is 45.4. The van der Waals surface area contributed by atoms with Crippen LogP contribution in [0.15, 0.2) is 50.1 Å². The van der Waals surface area contributed by atoms with Crippen LogP contribution in [0.1, 0.15) is 22.8 Å². The maximum absolute atomic E-state index is 15.0. The Morgan fingerprint density at radius 1 is 1.15 bits per heavy atom. The van der Waals surface area contributed by atoms with E-state index >= 15 is 4.39 Å². The molecule has 6 nitrogen and oxygen atoms in total. The summed E-state index contributed by atoms with van der Waals surface area (Å²) in [7, 11) is 0. The van der Waals surface area contributed by atoms with Gasteiger partial charge in [0.25, 0.3) is 0 Å². The van der Waals surface area contributed by atoms with Gasteiger partial charge in [-0.05, 0) is 40.5 Å². The van der Waals surface area contributed by atoms with Crippen LogP contribution in [0.2, 0.25) is 0 Å². The lowest BCUT2D eigenvalue weighted by Gasteiger charge is -2.19. The topological polar surface area (TPSA) is 82.8 Å². The van der Waals surface area contributed by atoms with Crippen molar-refractivity contribution in [1.29, 1.82) is 0 Å². The van der Waals surface area contributed by atoms with Gasteiger partial charge in [-0.15, -0.1) is 0 Å². The molecule has 168 valence electrons. The minimum absolute atomic E-state index is 0.0382. The van der Waals surface area contributed by atoms with Crippen molar-refractivity contribution in [2.75, 3.05) is 6.79 Å². The Kier molecular flexibility index (Phi) is 5.99. The van der Waals surface area contributed by atoms with E-state index in [-0.39, 0.29) is 38.1 Å². The zero-order valence-electron chi connectivity index (χ0n) is 17.3. The zero-order chi connectivity index (χ0) is 23.9. The first-order valence-corrected chi connectivity index (χ1v) is 10.4. The van der Waals surface area contributed by atoms with E-state index in [0.717, 1.165) is 12.1 Å². The molecule has 0 N–H and O–H groups in total. The van der Waals surface area contributed by atoms with Gasteiger partial charge in [0.15, 0.2) is 23.0 Å². The lowest BCUT2D eigenvalue weighted by atomic mass is 9.91. The maximum atomic E-state index is 15.0. The van der Waals surface area contributed by atoms with E-state index in [1.807, 2.05) is 0 Å². The molecule has 0 aromatic heterocycles. The number of esters is 1. The van der Waals surface area contributed by atoms with Gasteiger partial charge in [0.2, 0.25) is 12.2 Å². The molecule has 0 saturated heterocycles. The summed E-state index contributed by atoms with van der Waals surface area (Å²) in [4.78, 5) is 34.3. The second-order valence-electron chi connectivity index (χ2n) is 7.18. The predicted octanol–water partition coefficient (Wildman–Crippen LogP) is 5.63. The van der Waals surface area contributed by atoms with Crippen molar-refractivity contribution in [3.05, 3.63) is 73.9 Å². The van der Waals surface area contributed by atoms with Crippen LogP contribution in [0.3, 0.4) is 0 Å². The molecule has 0 bridgehead atoms. The Morgan fingerprint density at radius 3 is 2.48 bits per heavy atom. The van der Waals surface area contributed by atoms with Gasteiger partial charge >= 0.3 is 5.97 Å². The number of benzene rings is 3. The summed E-state index contributed by atoms with van der Waals surface area (Å²) >= 11 is 3.28. The quantitative estimate of drug-likeness (QED) is 0.148. The second kappa shape index (κ2) is 8.74. The summed E-state index contributed by atoms with van der Waals surface area (Å²) in [6, 6.07) is 8.59. The van der Waals surface area contributed by atoms with Gasteiger partial charge in [-0.3, -0.25) is 14.4 Å². The van der Waals surface area contributed by atoms with Gasteiger partial charge in [0.1, 0.15) is 16.5 Å². The number of fused-ring (bicyclic) bond motifs is 2. The lowest BCUT2D eigenvalue weighted by Crippen LogP contribution is -2.13. The van der Waals surface area contributed by atoms with Crippen LogP contribution >= 0.6 is 15.9 Å². The Morgan fingerprint density at radius 2 is 1.85 bits per heavy atom. The molecule has 9 heteroatoms. The minimum atomic E-state index is -0.971. The van der Waals surface area contributed by atoms with Crippen LogP contribution in [0.5, 0.6) is 5.75 Å². The molecule has 0 saturated carbocycles. The molecule has 0 fully saturated rings. The maximum Gasteiger partial charge on any atom is 0.305 e. The van der Waals surface area contributed by atoms with Gasteiger partial charge < -0.3 is 13.9 Å². The van der Waals surface area contributed by atoms with Gasteiger partial charge in [0.05, 0.1) is 0 Å². The molecule has 0 amide bonds. The van der Waals surface area contributed by atoms with E-state index in [0.29, 0.717) is 23.0 Å². The molecule has 0 atom stereocenters. The normalized spacial score (nSPS) is 11.1. The highest BCUT2D eigenvalue weighted by atomic mass is 79.9. The van der Waals surface area contributed by atoms with Crippen molar-refractivity contribution in [1.82, 2.24) is 0 Å². The average Bonchev–Trinajstić information content (AvgIpc) is 2.79. The lowest BCUT2D eigenvalue weighted by molar-refractivity contribution is -0.147. The number of halogens is 3. The van der Waals surface area contributed by atoms with Crippen molar-refractivity contribution in [2.24, 2.45) is 0 Å². The number of carbonyl (C=O) groups excluding carboxylic acids is 2. The second-order valence-corrected chi connectivity index (χ2v) is 7.98. The number of ether oxygens (including phenoxy) is 2. The van der Waals surface area contributed by atoms with Crippen LogP contribution in [0.4, 0.5) is 8.78 Å². The van der Waals surface area contributed by atoms with Gasteiger partial charge in [-0.1, -0.05) is 24.3 Å². The van der Waals surface area contributed by atoms with Crippen molar-refractivity contribution < 1.29 is 32.3 Å². The summed E-state index contributed by atoms with van der Waals surface area (Å²) in [6.07, 6.45) is 0.677. The molecule has 0 unspecified atom stereocenters. The molecule has 4 rings (SSSR count). The largest absolute Gasteiger partial charge is 0.454 e. The number of carbonyl (C=O) groups is 2. The zero-order valence-corrected chi connectivity index (χ0v) is 18.9. The van der Waals surface area contributed by atoms with Crippen molar-refractivity contribution >= 4 is 39.2 Å². The SMILES string of the molecule is CC(=O)OCOc1c(F)cc2c(-c3ccc(C=O)cc3)c3cc(F)c(=O)c(C)c-3oc2c1Br. The first kappa shape index (κ1) is 22.6. The van der Waals surface area contributed by atoms with Crippen LogP contribution in [0.25, 0.3) is 33.4 Å². The van der Waals surface area contributed by atoms with Crippen LogP contribution < -0.4 is 10.2 Å². The van der Waals surface area contributed by atoms with Crippen LogP contribution in [-0.2, 0) is 9.53 Å². The van der Waals surface area contributed by atoms with Gasteiger partial charge in [0, 0.05) is 34.6 Å². The Bertz CT molecular complexity index is 1440. The van der Waals surface area contributed by atoms with E-state index in [1.54, 1.807) is 24.3 Å². The molecular formula is C24H15BrF2O6. The highest BCUT2D eigenvalue weighted by Gasteiger charge is 2.26. The summed E-state index contributed by atoms with van der Waals surface area (Å²) in [5, 5.41) is 0.267. The molecule has 0 radical (unpaired) electrons. The van der Waals surface area contributed by atoms with Crippen molar-refractivity contribution in [3.63, 3.8) is 0 Å². The van der Waals surface area contributed by atoms with E-state index in [2.05, 4.69) is 15.9 Å². The molecule has 2 aromatic rings. The number of hydrogen-bond acceptors (Lipinski definition) is 6. The summed E-state index contributed by atoms with van der Waals surface area (Å²) in [5.41, 5.74) is 0.973. The smallest absolute Gasteiger partial charge is 0.305 e. The first-order chi connectivity index (χ1) is 15.7. The summed E-state index contributed by atoms with van der Waals surface area (Å²) in [6.45, 7) is 2.08. The van der Waals surface area contributed by atoms with E-state index in [4.69, 9.17) is 13.9 Å². The molecule has 1 heterocycles. The Labute approximate surface area is 194 Å². The molecule has 1 aliphatic heterocycles. The first-order valence-electron chi connectivity index (χ1n) is 9.62. The highest BCUT2D eigenvalue weighted by Crippen LogP contribution is 2.46. The van der Waals surface area contributed by atoms with Crippen molar-refractivity contribution in [2.45, 2.75) is 13.8 Å². The molecule has 33 heavy (non-hydrogen) atoms. The minimum Gasteiger partial charge on any atom is -0.454 e. The predicted molar refractivity (Wildman–Crippen MR) is 120 cm³/mol. The van der Waals surface area contributed by atoms with Crippen LogP contribution in [0, 0.1) is 18.6 Å². The molecule has 2 aromatic carbocycles. The standard InChI is InChI=1S/C24H15BrF2O6/c1-11-21(30)17(26)7-15-19(14-5-3-13(9-28)4-6-14)16-8-18(27)24(32-10-31-12(2)29)20(25)23(16)33-22(11)15/h3-9H,10H2,1-2H3. The average molecular weight is 517 g/mol. The Balaban J connectivity index is 2.08. The fourth-order valence-corrected chi connectivity index (χ4v) is 4.12. The molecule has 1 aliphatic carbocycles. The Hall–Kier alpha value is -3.59. The van der Waals surface area contributed by atoms with Gasteiger partial charge in [-0.2, -0.15) is 0 Å². The third-order valence-electron chi connectivity index (χ3n) is 5.09. The number of aldehydes is 1. The monoisotopic (exact) mass is 516 g/mol. The molecule has 2 aliphatic rings. The van der Waals surface area contributed by atoms with Crippen molar-refractivity contribution in [3.8, 4) is 28.2 Å². The van der Waals surface area contributed by atoms with Crippen LogP contribution in [-0.4, -0.2) is 19.0 Å². The van der Waals surface area contributed by atoms with E-state index < -0.39 is 29.8 Å².